The van der Waals surface area contributed by atoms with Gasteiger partial charge in [-0.05, 0) is 26.7 Å². The van der Waals surface area contributed by atoms with Crippen LogP contribution in [-0.2, 0) is 0 Å². The number of nitrogens with zero attached hydrogens (tertiary/aromatic N) is 1. The molecule has 1 N–H and O–H groups in total. The van der Waals surface area contributed by atoms with Gasteiger partial charge in [-0.1, -0.05) is 0 Å². The van der Waals surface area contributed by atoms with Crippen molar-refractivity contribution in [3.05, 3.63) is 0 Å². The SMILES string of the molecule is CC(O)C(C)N(CC(F)(F)F)C1CC1. The molecule has 84 valence electrons. The van der Waals surface area contributed by atoms with E-state index >= 15 is 0 Å². The Morgan fingerprint density at radius 2 is 1.86 bits per heavy atom. The summed E-state index contributed by atoms with van der Waals surface area (Å²) in [5.41, 5.74) is 0. The van der Waals surface area contributed by atoms with E-state index in [2.05, 4.69) is 0 Å². The fourth-order valence-electron chi connectivity index (χ4n) is 1.50. The third-order valence-electron chi connectivity index (χ3n) is 2.60. The summed E-state index contributed by atoms with van der Waals surface area (Å²) in [6.45, 7) is 2.24. The van der Waals surface area contributed by atoms with E-state index in [0.717, 1.165) is 12.8 Å². The minimum absolute atomic E-state index is 0.0150. The lowest BCUT2D eigenvalue weighted by Crippen LogP contribution is -2.46. The van der Waals surface area contributed by atoms with Gasteiger partial charge in [0.25, 0.3) is 0 Å². The van der Waals surface area contributed by atoms with Crippen molar-refractivity contribution in [2.45, 2.75) is 51.1 Å². The molecule has 0 amide bonds. The average Bonchev–Trinajstić information content (AvgIpc) is 2.79. The highest BCUT2D eigenvalue weighted by Crippen LogP contribution is 2.32. The van der Waals surface area contributed by atoms with Gasteiger partial charge in [-0.25, -0.2) is 0 Å². The van der Waals surface area contributed by atoms with Crippen LogP contribution in [0.5, 0.6) is 0 Å². The molecule has 5 heteroatoms. The molecule has 0 aromatic rings. The zero-order valence-corrected chi connectivity index (χ0v) is 8.38. The van der Waals surface area contributed by atoms with E-state index in [1.165, 1.54) is 11.8 Å². The number of rotatable bonds is 4. The van der Waals surface area contributed by atoms with Crippen LogP contribution in [0.1, 0.15) is 26.7 Å². The van der Waals surface area contributed by atoms with Gasteiger partial charge in [0.1, 0.15) is 0 Å². The summed E-state index contributed by atoms with van der Waals surface area (Å²) < 4.78 is 36.6. The minimum atomic E-state index is -4.17. The molecule has 1 rings (SSSR count). The summed E-state index contributed by atoms with van der Waals surface area (Å²) in [4.78, 5) is 1.35. The van der Waals surface area contributed by atoms with Crippen molar-refractivity contribution in [1.29, 1.82) is 0 Å². The van der Waals surface area contributed by atoms with Crippen LogP contribution in [0.3, 0.4) is 0 Å². The normalized spacial score (nSPS) is 22.5. The summed E-state index contributed by atoms with van der Waals surface area (Å²) in [5.74, 6) is 0. The molecular weight excluding hydrogens is 195 g/mol. The van der Waals surface area contributed by atoms with Crippen molar-refractivity contribution >= 4 is 0 Å². The molecule has 14 heavy (non-hydrogen) atoms. The monoisotopic (exact) mass is 211 g/mol. The topological polar surface area (TPSA) is 23.5 Å². The molecule has 1 saturated carbocycles. The highest BCUT2D eigenvalue weighted by Gasteiger charge is 2.41. The second-order valence-electron chi connectivity index (χ2n) is 4.00. The highest BCUT2D eigenvalue weighted by atomic mass is 19.4. The van der Waals surface area contributed by atoms with Gasteiger partial charge in [0.15, 0.2) is 0 Å². The molecule has 0 aliphatic heterocycles. The maximum atomic E-state index is 12.2. The number of alkyl halides is 3. The largest absolute Gasteiger partial charge is 0.401 e. The van der Waals surface area contributed by atoms with Gasteiger partial charge in [-0.15, -0.1) is 0 Å². The van der Waals surface area contributed by atoms with Crippen molar-refractivity contribution in [2.24, 2.45) is 0 Å². The van der Waals surface area contributed by atoms with Gasteiger partial charge in [-0.2, -0.15) is 13.2 Å². The molecule has 0 radical (unpaired) electrons. The van der Waals surface area contributed by atoms with Gasteiger partial charge in [-0.3, -0.25) is 4.90 Å². The van der Waals surface area contributed by atoms with Gasteiger partial charge in [0.2, 0.25) is 0 Å². The molecule has 2 unspecified atom stereocenters. The smallest absolute Gasteiger partial charge is 0.392 e. The Hall–Kier alpha value is -0.290. The number of aliphatic hydroxyl groups is 1. The fourth-order valence-corrected chi connectivity index (χ4v) is 1.50. The van der Waals surface area contributed by atoms with Crippen LogP contribution >= 0.6 is 0 Å². The number of aliphatic hydroxyl groups excluding tert-OH is 1. The lowest BCUT2D eigenvalue weighted by Gasteiger charge is -2.31. The van der Waals surface area contributed by atoms with E-state index in [-0.39, 0.29) is 6.04 Å². The maximum absolute atomic E-state index is 12.2. The Balaban J connectivity index is 2.55. The Morgan fingerprint density at radius 1 is 1.36 bits per heavy atom. The molecule has 0 bridgehead atoms. The molecule has 0 heterocycles. The zero-order chi connectivity index (χ0) is 10.9. The summed E-state index contributed by atoms with van der Waals surface area (Å²) in [6, 6.07) is -0.412. The molecule has 1 fully saturated rings. The van der Waals surface area contributed by atoms with Crippen LogP contribution in [0.25, 0.3) is 0 Å². The molecule has 2 atom stereocenters. The van der Waals surface area contributed by atoms with Crippen LogP contribution in [-0.4, -0.2) is 40.9 Å². The third-order valence-corrected chi connectivity index (χ3v) is 2.60. The summed E-state index contributed by atoms with van der Waals surface area (Å²) in [5, 5.41) is 9.26. The van der Waals surface area contributed by atoms with Gasteiger partial charge < -0.3 is 5.11 Å². The number of hydrogen-bond donors (Lipinski definition) is 1. The molecule has 1 aliphatic rings. The number of halogens is 3. The second-order valence-corrected chi connectivity index (χ2v) is 4.00. The Kier molecular flexibility index (Phi) is 3.42. The maximum Gasteiger partial charge on any atom is 0.401 e. The first-order valence-electron chi connectivity index (χ1n) is 4.82. The lowest BCUT2D eigenvalue weighted by atomic mass is 10.1. The molecule has 2 nitrogen and oxygen atoms in total. The number of hydrogen-bond acceptors (Lipinski definition) is 2. The zero-order valence-electron chi connectivity index (χ0n) is 8.38. The third kappa shape index (κ3) is 3.46. The van der Waals surface area contributed by atoms with E-state index in [1.807, 2.05) is 0 Å². The first-order chi connectivity index (χ1) is 6.31. The molecule has 1 aliphatic carbocycles. The van der Waals surface area contributed by atoms with Crippen LogP contribution in [0, 0.1) is 0 Å². The summed E-state index contributed by atoms with van der Waals surface area (Å²) in [6.07, 6.45) is -3.27. The van der Waals surface area contributed by atoms with Gasteiger partial charge in [0, 0.05) is 12.1 Å². The summed E-state index contributed by atoms with van der Waals surface area (Å²) >= 11 is 0. The predicted molar refractivity (Wildman–Crippen MR) is 46.9 cm³/mol. The fraction of sp³-hybridized carbons (Fsp3) is 1.00. The van der Waals surface area contributed by atoms with Crippen LogP contribution in [0.2, 0.25) is 0 Å². The first kappa shape index (κ1) is 11.8. The van der Waals surface area contributed by atoms with E-state index in [1.54, 1.807) is 6.92 Å². The Labute approximate surface area is 81.7 Å². The molecule has 0 aromatic heterocycles. The van der Waals surface area contributed by atoms with Crippen molar-refractivity contribution in [3.8, 4) is 0 Å². The highest BCUT2D eigenvalue weighted by molar-refractivity contribution is 4.89. The molecule has 0 saturated heterocycles. The van der Waals surface area contributed by atoms with Gasteiger partial charge >= 0.3 is 6.18 Å². The van der Waals surface area contributed by atoms with Crippen LogP contribution in [0.15, 0.2) is 0 Å². The minimum Gasteiger partial charge on any atom is -0.392 e. The van der Waals surface area contributed by atoms with Crippen LogP contribution in [0.4, 0.5) is 13.2 Å². The molecule has 0 aromatic carbocycles. The van der Waals surface area contributed by atoms with E-state index in [4.69, 9.17) is 0 Å². The quantitative estimate of drug-likeness (QED) is 0.766. The van der Waals surface area contributed by atoms with E-state index < -0.39 is 24.9 Å². The second kappa shape index (κ2) is 4.06. The first-order valence-corrected chi connectivity index (χ1v) is 4.82. The summed E-state index contributed by atoms with van der Waals surface area (Å²) in [7, 11) is 0. The van der Waals surface area contributed by atoms with E-state index in [9.17, 15) is 18.3 Å². The van der Waals surface area contributed by atoms with Crippen molar-refractivity contribution in [2.75, 3.05) is 6.54 Å². The standard InChI is InChI=1S/C9H16F3NO/c1-6(7(2)14)13(8-3-4-8)5-9(10,11)12/h6-8,14H,3-5H2,1-2H3. The van der Waals surface area contributed by atoms with Crippen molar-refractivity contribution in [1.82, 2.24) is 4.90 Å². The predicted octanol–water partition coefficient (Wildman–Crippen LogP) is 1.78. The lowest BCUT2D eigenvalue weighted by molar-refractivity contribution is -0.155. The molecular formula is C9H16F3NO. The van der Waals surface area contributed by atoms with Crippen LogP contribution < -0.4 is 0 Å². The van der Waals surface area contributed by atoms with Crippen molar-refractivity contribution < 1.29 is 18.3 Å². The van der Waals surface area contributed by atoms with Crippen molar-refractivity contribution in [3.63, 3.8) is 0 Å². The van der Waals surface area contributed by atoms with Gasteiger partial charge in [0.05, 0.1) is 12.6 Å². The van der Waals surface area contributed by atoms with E-state index in [0.29, 0.717) is 0 Å². The molecule has 0 spiro atoms. The average molecular weight is 211 g/mol. The Bertz CT molecular complexity index is 189. The Morgan fingerprint density at radius 3 is 2.14 bits per heavy atom.